The number of halogens is 1. The summed E-state index contributed by atoms with van der Waals surface area (Å²) in [4.78, 5) is 45.9. The zero-order valence-electron chi connectivity index (χ0n) is 14.8. The Morgan fingerprint density at radius 1 is 1.11 bits per heavy atom. The van der Waals surface area contributed by atoms with E-state index in [9.17, 15) is 28.9 Å². The van der Waals surface area contributed by atoms with E-state index in [1.165, 1.54) is 24.3 Å². The van der Waals surface area contributed by atoms with E-state index in [1.54, 1.807) is 12.1 Å². The maximum Gasteiger partial charge on any atom is 0.374 e. The van der Waals surface area contributed by atoms with Gasteiger partial charge in [-0.1, -0.05) is 18.2 Å². The van der Waals surface area contributed by atoms with Gasteiger partial charge < -0.3 is 9.47 Å². The number of methoxy groups -OCH3 is 1. The lowest BCUT2D eigenvalue weighted by molar-refractivity contribution is -0.483. The van der Waals surface area contributed by atoms with Gasteiger partial charge in [0.2, 0.25) is 12.3 Å². The van der Waals surface area contributed by atoms with E-state index in [4.69, 9.17) is 4.74 Å². The Morgan fingerprint density at radius 3 is 2.36 bits per heavy atom. The summed E-state index contributed by atoms with van der Waals surface area (Å²) >= 11 is 0. The largest absolute Gasteiger partial charge is 0.463 e. The second kappa shape index (κ2) is 9.36. The summed E-state index contributed by atoms with van der Waals surface area (Å²) in [5.74, 6) is -4.39. The number of nitrogens with zero attached hydrogens (tertiary/aromatic N) is 1. The molecule has 0 aliphatic carbocycles. The van der Waals surface area contributed by atoms with Crippen LogP contribution in [0, 0.1) is 15.9 Å². The number of ether oxygens (including phenoxy) is 2. The predicted octanol–water partition coefficient (Wildman–Crippen LogP) is 2.54. The van der Waals surface area contributed by atoms with Crippen molar-refractivity contribution in [1.82, 2.24) is 0 Å². The second-order valence-corrected chi connectivity index (χ2v) is 5.77. The molecule has 0 bridgehead atoms. The third-order valence-corrected chi connectivity index (χ3v) is 3.86. The van der Waals surface area contributed by atoms with Crippen molar-refractivity contribution in [2.45, 2.75) is 12.3 Å². The van der Waals surface area contributed by atoms with Gasteiger partial charge in [-0.25, -0.2) is 14.0 Å². The number of carbonyl (C=O) groups is 3. The van der Waals surface area contributed by atoms with Gasteiger partial charge in [-0.2, -0.15) is 0 Å². The van der Waals surface area contributed by atoms with Gasteiger partial charge >= 0.3 is 11.9 Å². The highest BCUT2D eigenvalue weighted by molar-refractivity contribution is 6.33. The molecule has 0 saturated carbocycles. The molecule has 1 atom stereocenters. The first-order valence-electron chi connectivity index (χ1n) is 8.11. The minimum Gasteiger partial charge on any atom is -0.463 e. The summed E-state index contributed by atoms with van der Waals surface area (Å²) in [5, 5.41) is 11.0. The van der Waals surface area contributed by atoms with Crippen LogP contribution in [0.3, 0.4) is 0 Å². The van der Waals surface area contributed by atoms with Crippen LogP contribution in [0.5, 0.6) is 5.75 Å². The number of hydrogen-bond acceptors (Lipinski definition) is 7. The van der Waals surface area contributed by atoms with Crippen LogP contribution in [0.25, 0.3) is 0 Å². The maximum absolute atomic E-state index is 13.0. The molecule has 2 aromatic rings. The minimum absolute atomic E-state index is 0.00124. The first-order valence-corrected chi connectivity index (χ1v) is 8.11. The molecule has 0 saturated heterocycles. The lowest BCUT2D eigenvalue weighted by Crippen LogP contribution is -2.23. The van der Waals surface area contributed by atoms with Crippen LogP contribution in [0.4, 0.5) is 4.39 Å². The quantitative estimate of drug-likeness (QED) is 0.224. The van der Waals surface area contributed by atoms with Crippen LogP contribution >= 0.6 is 0 Å². The topological polar surface area (TPSA) is 113 Å². The molecule has 0 unspecified atom stereocenters. The molecule has 0 radical (unpaired) electrons. The molecule has 0 aliphatic heterocycles. The van der Waals surface area contributed by atoms with Crippen LogP contribution in [0.2, 0.25) is 0 Å². The van der Waals surface area contributed by atoms with Crippen LogP contribution in [-0.2, 0) is 14.3 Å². The van der Waals surface area contributed by atoms with Crippen LogP contribution < -0.4 is 4.74 Å². The highest BCUT2D eigenvalue weighted by Crippen LogP contribution is 2.30. The Hall–Kier alpha value is -3.62. The molecule has 0 fully saturated rings. The van der Waals surface area contributed by atoms with Crippen molar-refractivity contribution in [3.05, 3.63) is 75.6 Å². The highest BCUT2D eigenvalue weighted by Gasteiger charge is 2.28. The summed E-state index contributed by atoms with van der Waals surface area (Å²) in [6.07, 6.45) is -0.487. The molecule has 8 nitrogen and oxygen atoms in total. The summed E-state index contributed by atoms with van der Waals surface area (Å²) in [7, 11) is 1.03. The summed E-state index contributed by atoms with van der Waals surface area (Å²) < 4.78 is 22.6. The molecule has 0 aromatic heterocycles. The average Bonchev–Trinajstić information content (AvgIpc) is 2.67. The van der Waals surface area contributed by atoms with Gasteiger partial charge in [0.1, 0.15) is 11.6 Å². The number of ketones is 1. The van der Waals surface area contributed by atoms with E-state index >= 15 is 0 Å². The first-order chi connectivity index (χ1) is 13.3. The molecule has 0 N–H and O–H groups in total. The molecule has 0 amide bonds. The normalized spacial score (nSPS) is 11.4. The Bertz CT molecular complexity index is 895. The number of benzene rings is 2. The number of Topliss-reactive ketones (excluding diaryl/α,β-unsaturated/α-hetero) is 1. The lowest BCUT2D eigenvalue weighted by atomic mass is 9.93. The Kier molecular flexibility index (Phi) is 6.91. The zero-order valence-corrected chi connectivity index (χ0v) is 14.8. The van der Waals surface area contributed by atoms with E-state index in [-0.39, 0.29) is 16.9 Å². The van der Waals surface area contributed by atoms with Gasteiger partial charge in [0.25, 0.3) is 0 Å². The third-order valence-electron chi connectivity index (χ3n) is 3.86. The summed E-state index contributed by atoms with van der Waals surface area (Å²) in [6, 6.07) is 10.6. The molecular weight excluding hydrogens is 373 g/mol. The molecule has 2 aromatic carbocycles. The molecule has 9 heteroatoms. The van der Waals surface area contributed by atoms with E-state index in [2.05, 4.69) is 4.74 Å². The molecule has 0 spiro atoms. The smallest absolute Gasteiger partial charge is 0.374 e. The van der Waals surface area contributed by atoms with Crippen molar-refractivity contribution >= 4 is 17.7 Å². The molecule has 28 heavy (non-hydrogen) atoms. The van der Waals surface area contributed by atoms with Crippen molar-refractivity contribution in [3.63, 3.8) is 0 Å². The Balaban J connectivity index is 2.30. The Labute approximate surface area is 159 Å². The van der Waals surface area contributed by atoms with Crippen molar-refractivity contribution in [2.24, 2.45) is 0 Å². The second-order valence-electron chi connectivity index (χ2n) is 5.77. The van der Waals surface area contributed by atoms with Crippen molar-refractivity contribution < 1.29 is 33.2 Å². The van der Waals surface area contributed by atoms with E-state index in [0.29, 0.717) is 0 Å². The van der Waals surface area contributed by atoms with E-state index < -0.39 is 47.3 Å². The average molecular weight is 389 g/mol. The number of nitro groups is 1. The molecule has 0 aliphatic rings. The fourth-order valence-electron chi connectivity index (χ4n) is 2.53. The monoisotopic (exact) mass is 389 g/mol. The number of esters is 2. The van der Waals surface area contributed by atoms with Gasteiger partial charge in [-0.05, 0) is 30.3 Å². The maximum atomic E-state index is 13.0. The molecular formula is C19H16FNO7. The fraction of sp³-hybridized carbons (Fsp3) is 0.211. The minimum atomic E-state index is -1.12. The van der Waals surface area contributed by atoms with Crippen LogP contribution in [0.1, 0.15) is 28.3 Å². The third kappa shape index (κ3) is 5.44. The number of rotatable bonds is 8. The van der Waals surface area contributed by atoms with E-state index in [1.807, 2.05) is 0 Å². The molecule has 2 rings (SSSR count). The molecule has 146 valence electrons. The summed E-state index contributed by atoms with van der Waals surface area (Å²) in [6.45, 7) is -0.659. The number of hydrogen-bond donors (Lipinski definition) is 0. The van der Waals surface area contributed by atoms with Gasteiger partial charge in [0.15, 0.2) is 0 Å². The van der Waals surface area contributed by atoms with Gasteiger partial charge in [0, 0.05) is 16.9 Å². The predicted molar refractivity (Wildman–Crippen MR) is 94.0 cm³/mol. The van der Waals surface area contributed by atoms with Crippen molar-refractivity contribution in [3.8, 4) is 5.75 Å². The van der Waals surface area contributed by atoms with Gasteiger partial charge in [-0.3, -0.25) is 14.9 Å². The SMILES string of the molecule is COC(=O)C(=O)C[C@H](C[N+](=O)[O-])c1ccccc1OC(=O)c1ccc(F)cc1. The fourth-order valence-corrected chi connectivity index (χ4v) is 2.53. The Morgan fingerprint density at radius 2 is 1.75 bits per heavy atom. The van der Waals surface area contributed by atoms with Crippen molar-refractivity contribution in [2.75, 3.05) is 13.7 Å². The number of carbonyl (C=O) groups excluding carboxylic acids is 3. The van der Waals surface area contributed by atoms with Gasteiger partial charge in [0.05, 0.1) is 18.6 Å². The standard InChI is InChI=1S/C19H16FNO7/c1-27-19(24)16(22)10-13(11-21(25)26)15-4-2-3-5-17(15)28-18(23)12-6-8-14(20)9-7-12/h2-9,13H,10-11H2,1H3/t13-/m1/s1. The summed E-state index contributed by atoms with van der Waals surface area (Å²) in [5.41, 5.74) is 0.291. The first kappa shape index (κ1) is 20.7. The number of para-hydroxylation sites is 1. The zero-order chi connectivity index (χ0) is 20.7. The van der Waals surface area contributed by atoms with E-state index in [0.717, 1.165) is 19.2 Å². The lowest BCUT2D eigenvalue weighted by Gasteiger charge is -2.16. The van der Waals surface area contributed by atoms with Crippen LogP contribution in [0.15, 0.2) is 48.5 Å². The van der Waals surface area contributed by atoms with Crippen LogP contribution in [-0.4, -0.2) is 36.3 Å². The highest BCUT2D eigenvalue weighted by atomic mass is 19.1. The molecule has 0 heterocycles. The van der Waals surface area contributed by atoms with Gasteiger partial charge in [-0.15, -0.1) is 0 Å². The van der Waals surface area contributed by atoms with Crippen molar-refractivity contribution in [1.29, 1.82) is 0 Å².